The standard InChI is InChI=1S/2C2H4O3.Mn.H2O/c2*1-2(3)5-4;;/h2*4H,1H3;;1H2. The van der Waals surface area contributed by atoms with Gasteiger partial charge in [-0.3, -0.25) is 0 Å². The van der Waals surface area contributed by atoms with Crippen molar-refractivity contribution in [2.24, 2.45) is 0 Å². The van der Waals surface area contributed by atoms with Crippen LogP contribution in [-0.2, 0) is 36.4 Å². The van der Waals surface area contributed by atoms with E-state index in [0.29, 0.717) is 0 Å². The Balaban J connectivity index is -0.0000000457. The van der Waals surface area contributed by atoms with Crippen molar-refractivity contribution in [2.45, 2.75) is 13.8 Å². The molecule has 0 fully saturated rings. The first-order valence-electron chi connectivity index (χ1n) is 2.18. The fourth-order valence-electron chi connectivity index (χ4n) is 0. The summed E-state index contributed by atoms with van der Waals surface area (Å²) in [6, 6.07) is 0. The van der Waals surface area contributed by atoms with Crippen molar-refractivity contribution < 1.29 is 52.4 Å². The van der Waals surface area contributed by atoms with Crippen LogP contribution in [0.25, 0.3) is 0 Å². The van der Waals surface area contributed by atoms with Gasteiger partial charge < -0.3 is 15.3 Å². The minimum Gasteiger partial charge on any atom is -0.412 e. The summed E-state index contributed by atoms with van der Waals surface area (Å²) in [4.78, 5) is 24.9. The fraction of sp³-hybridized carbons (Fsp3) is 0.500. The Morgan fingerprint density at radius 2 is 1.08 bits per heavy atom. The van der Waals surface area contributed by atoms with Gasteiger partial charge in [0.25, 0.3) is 0 Å². The van der Waals surface area contributed by atoms with Crippen LogP contribution in [0.1, 0.15) is 13.8 Å². The molecule has 1 radical (unpaired) electrons. The van der Waals surface area contributed by atoms with E-state index in [0.717, 1.165) is 13.8 Å². The maximum Gasteiger partial charge on any atom is 0.339 e. The van der Waals surface area contributed by atoms with Crippen molar-refractivity contribution in [1.29, 1.82) is 0 Å². The summed E-state index contributed by atoms with van der Waals surface area (Å²) in [7, 11) is 0. The number of rotatable bonds is 0. The van der Waals surface area contributed by atoms with Gasteiger partial charge in [0.05, 0.1) is 0 Å². The van der Waals surface area contributed by atoms with E-state index in [1.807, 2.05) is 0 Å². The molecule has 4 N–H and O–H groups in total. The first-order chi connectivity index (χ1) is 4.54. The minimum atomic E-state index is -0.690. The van der Waals surface area contributed by atoms with Crippen LogP contribution in [0, 0.1) is 0 Å². The van der Waals surface area contributed by atoms with Gasteiger partial charge in [-0.1, -0.05) is 0 Å². The van der Waals surface area contributed by atoms with E-state index in [-0.39, 0.29) is 22.5 Å². The van der Waals surface area contributed by atoms with E-state index < -0.39 is 11.9 Å². The van der Waals surface area contributed by atoms with Crippen LogP contribution >= 0.6 is 0 Å². The predicted molar refractivity (Wildman–Crippen MR) is 32.4 cm³/mol. The second-order valence-corrected chi connectivity index (χ2v) is 1.17. The summed E-state index contributed by atoms with van der Waals surface area (Å²) in [6.07, 6.45) is 0. The molecule has 0 unspecified atom stereocenters. The minimum absolute atomic E-state index is 0. The van der Waals surface area contributed by atoms with Crippen LogP contribution in [0.2, 0.25) is 0 Å². The summed E-state index contributed by atoms with van der Waals surface area (Å²) in [5.74, 6) is -1.38. The normalized spacial score (nSPS) is 5.67. The Bertz CT molecular complexity index is 100.0. The molecule has 0 aromatic heterocycles. The van der Waals surface area contributed by atoms with Gasteiger partial charge >= 0.3 is 11.9 Å². The van der Waals surface area contributed by atoms with E-state index >= 15 is 0 Å². The van der Waals surface area contributed by atoms with Gasteiger partial charge in [-0.2, -0.15) is 10.5 Å². The average Bonchev–Trinajstić information content (AvgIpc) is 1.89. The van der Waals surface area contributed by atoms with Crippen molar-refractivity contribution in [3.05, 3.63) is 0 Å². The third-order valence-corrected chi connectivity index (χ3v) is 0.257. The SMILES string of the molecule is CC(=O)OO.CC(=O)OO.O.[Mn]. The van der Waals surface area contributed by atoms with Crippen LogP contribution < -0.4 is 0 Å². The molecule has 0 bridgehead atoms. The molecular formula is C4H10MnO7. The molecule has 8 heteroatoms. The molecule has 0 aliphatic rings. The molecule has 0 spiro atoms. The Morgan fingerprint density at radius 1 is 1.00 bits per heavy atom. The maximum atomic E-state index is 9.34. The molecule has 0 rings (SSSR count). The Labute approximate surface area is 78.9 Å². The summed E-state index contributed by atoms with van der Waals surface area (Å²) in [6.45, 7) is 2.22. The molecule has 0 aliphatic heterocycles. The van der Waals surface area contributed by atoms with Gasteiger partial charge in [-0.15, -0.1) is 0 Å². The molecule has 0 atom stereocenters. The number of hydrogen-bond acceptors (Lipinski definition) is 6. The largest absolute Gasteiger partial charge is 0.412 e. The van der Waals surface area contributed by atoms with Crippen molar-refractivity contribution in [3.8, 4) is 0 Å². The first-order valence-corrected chi connectivity index (χ1v) is 2.18. The smallest absolute Gasteiger partial charge is 0.339 e. The van der Waals surface area contributed by atoms with Gasteiger partial charge in [-0.05, 0) is 0 Å². The average molecular weight is 225 g/mol. The van der Waals surface area contributed by atoms with Crippen LogP contribution in [0.15, 0.2) is 0 Å². The molecular weight excluding hydrogens is 215 g/mol. The number of hydrogen-bond donors (Lipinski definition) is 2. The van der Waals surface area contributed by atoms with Gasteiger partial charge in [0.2, 0.25) is 0 Å². The quantitative estimate of drug-likeness (QED) is 0.316. The molecule has 75 valence electrons. The van der Waals surface area contributed by atoms with Gasteiger partial charge in [0, 0.05) is 30.9 Å². The number of carbonyl (C=O) groups excluding carboxylic acids is 2. The Morgan fingerprint density at radius 3 is 1.08 bits per heavy atom. The molecule has 0 aromatic carbocycles. The van der Waals surface area contributed by atoms with E-state index in [1.54, 1.807) is 0 Å². The molecule has 0 aliphatic carbocycles. The summed E-state index contributed by atoms with van der Waals surface area (Å²) in [5, 5.41) is 14.6. The zero-order valence-electron chi connectivity index (χ0n) is 6.41. The topological polar surface area (TPSA) is 125 Å². The van der Waals surface area contributed by atoms with E-state index in [9.17, 15) is 9.59 Å². The summed E-state index contributed by atoms with van der Waals surface area (Å²) in [5.41, 5.74) is 0. The fourth-order valence-corrected chi connectivity index (χ4v) is 0. The Hall–Kier alpha value is -0.661. The third kappa shape index (κ3) is 58.2. The zero-order valence-corrected chi connectivity index (χ0v) is 7.59. The van der Waals surface area contributed by atoms with E-state index in [1.165, 1.54) is 0 Å². The van der Waals surface area contributed by atoms with Gasteiger partial charge in [0.1, 0.15) is 0 Å². The second-order valence-electron chi connectivity index (χ2n) is 1.17. The molecule has 7 nitrogen and oxygen atoms in total. The second kappa shape index (κ2) is 16.7. The van der Waals surface area contributed by atoms with Crippen molar-refractivity contribution in [1.82, 2.24) is 0 Å². The van der Waals surface area contributed by atoms with Crippen LogP contribution in [0.3, 0.4) is 0 Å². The van der Waals surface area contributed by atoms with Crippen LogP contribution in [-0.4, -0.2) is 27.9 Å². The molecule has 0 heterocycles. The molecule has 0 aromatic rings. The number of carbonyl (C=O) groups is 2. The van der Waals surface area contributed by atoms with Gasteiger partial charge in [0.15, 0.2) is 0 Å². The van der Waals surface area contributed by atoms with Crippen molar-refractivity contribution >= 4 is 11.9 Å². The van der Waals surface area contributed by atoms with E-state index in [2.05, 4.69) is 9.78 Å². The molecule has 0 saturated heterocycles. The summed E-state index contributed by atoms with van der Waals surface area (Å²) < 4.78 is 0. The Kier molecular flexibility index (Phi) is 31.4. The monoisotopic (exact) mass is 225 g/mol. The molecule has 12 heavy (non-hydrogen) atoms. The van der Waals surface area contributed by atoms with Crippen LogP contribution in [0.4, 0.5) is 0 Å². The van der Waals surface area contributed by atoms with Crippen LogP contribution in [0.5, 0.6) is 0 Å². The predicted octanol–water partition coefficient (Wildman–Crippen LogP) is -0.782. The third-order valence-electron chi connectivity index (χ3n) is 0.257. The van der Waals surface area contributed by atoms with Crippen molar-refractivity contribution in [2.75, 3.05) is 0 Å². The first kappa shape index (κ1) is 22.5. The van der Waals surface area contributed by atoms with Gasteiger partial charge in [-0.25, -0.2) is 9.59 Å². The molecule has 0 amide bonds. The molecule has 0 saturated carbocycles. The summed E-state index contributed by atoms with van der Waals surface area (Å²) >= 11 is 0. The zero-order chi connectivity index (χ0) is 8.57. The van der Waals surface area contributed by atoms with E-state index in [4.69, 9.17) is 10.5 Å². The van der Waals surface area contributed by atoms with Crippen molar-refractivity contribution in [3.63, 3.8) is 0 Å². The maximum absolute atomic E-state index is 9.34.